The smallest absolute Gasteiger partial charge is 0.162 e. The summed E-state index contributed by atoms with van der Waals surface area (Å²) in [5.41, 5.74) is 7.41. The Hall–Kier alpha value is -1.33. The molecule has 0 bridgehead atoms. The Bertz CT molecular complexity index is 577. The molecule has 3 rings (SSSR count). The maximum atomic E-state index is 5.96. The number of nitrogens with two attached hydrogens (primary N) is 1. The molecule has 1 aliphatic rings. The first kappa shape index (κ1) is 10.8. The van der Waals surface area contributed by atoms with Crippen LogP contribution in [0.15, 0.2) is 6.07 Å². The van der Waals surface area contributed by atoms with Gasteiger partial charge in [0.2, 0.25) is 0 Å². The molecule has 2 N–H and O–H groups in total. The Balaban J connectivity index is 2.15. The van der Waals surface area contributed by atoms with E-state index in [1.807, 2.05) is 0 Å². The van der Waals surface area contributed by atoms with Gasteiger partial charge < -0.3 is 10.3 Å². The zero-order valence-electron chi connectivity index (χ0n) is 9.65. The Morgan fingerprint density at radius 2 is 2.24 bits per heavy atom. The molecule has 0 radical (unpaired) electrons. The molecular weight excluding hydrogens is 238 g/mol. The first-order chi connectivity index (χ1) is 8.19. The first-order valence-corrected chi connectivity index (χ1v) is 6.10. The SMILES string of the molecule is CCN1CCn2c(nc3cc(Cl)c(N)nc32)C1. The molecule has 0 atom stereocenters. The number of aromatic nitrogens is 3. The summed E-state index contributed by atoms with van der Waals surface area (Å²) in [5, 5.41) is 0.472. The van der Waals surface area contributed by atoms with E-state index in [0.717, 1.165) is 43.2 Å². The lowest BCUT2D eigenvalue weighted by molar-refractivity contribution is 0.230. The third kappa shape index (κ3) is 1.66. The van der Waals surface area contributed by atoms with Crippen LogP contribution in [0.25, 0.3) is 11.2 Å². The number of hydrogen-bond acceptors (Lipinski definition) is 4. The van der Waals surface area contributed by atoms with Gasteiger partial charge in [0.15, 0.2) is 5.65 Å². The number of likely N-dealkylation sites (N-methyl/N-ethyl adjacent to an activating group) is 1. The zero-order valence-corrected chi connectivity index (χ0v) is 10.4. The van der Waals surface area contributed by atoms with Crippen molar-refractivity contribution in [3.05, 3.63) is 16.9 Å². The summed E-state index contributed by atoms with van der Waals surface area (Å²) in [4.78, 5) is 11.3. The molecule has 0 saturated heterocycles. The molecule has 17 heavy (non-hydrogen) atoms. The van der Waals surface area contributed by atoms with Crippen molar-refractivity contribution in [3.8, 4) is 0 Å². The highest BCUT2D eigenvalue weighted by atomic mass is 35.5. The number of halogens is 1. The molecule has 90 valence electrons. The van der Waals surface area contributed by atoms with E-state index < -0.39 is 0 Å². The molecule has 5 nitrogen and oxygen atoms in total. The van der Waals surface area contributed by atoms with E-state index >= 15 is 0 Å². The van der Waals surface area contributed by atoms with Crippen LogP contribution in [0.1, 0.15) is 12.7 Å². The normalized spacial score (nSPS) is 16.4. The van der Waals surface area contributed by atoms with Crippen LogP contribution in [0.4, 0.5) is 5.82 Å². The fourth-order valence-electron chi connectivity index (χ4n) is 2.23. The van der Waals surface area contributed by atoms with Crippen LogP contribution in [-0.4, -0.2) is 32.5 Å². The number of nitrogens with zero attached hydrogens (tertiary/aromatic N) is 4. The van der Waals surface area contributed by atoms with E-state index in [2.05, 4.69) is 26.4 Å². The van der Waals surface area contributed by atoms with Crippen LogP contribution in [0, 0.1) is 0 Å². The van der Waals surface area contributed by atoms with E-state index in [0.29, 0.717) is 10.8 Å². The van der Waals surface area contributed by atoms with Crippen molar-refractivity contribution in [3.63, 3.8) is 0 Å². The molecule has 0 amide bonds. The number of imidazole rings is 1. The highest BCUT2D eigenvalue weighted by Gasteiger charge is 2.20. The summed E-state index contributed by atoms with van der Waals surface area (Å²) in [5.74, 6) is 1.42. The number of rotatable bonds is 1. The summed E-state index contributed by atoms with van der Waals surface area (Å²) >= 11 is 5.96. The molecule has 6 heteroatoms. The van der Waals surface area contributed by atoms with Gasteiger partial charge >= 0.3 is 0 Å². The van der Waals surface area contributed by atoms with Gasteiger partial charge in [0.05, 0.1) is 11.6 Å². The molecule has 0 fully saturated rings. The van der Waals surface area contributed by atoms with E-state index in [4.69, 9.17) is 17.3 Å². The van der Waals surface area contributed by atoms with E-state index in [-0.39, 0.29) is 0 Å². The summed E-state index contributed by atoms with van der Waals surface area (Å²) in [6.07, 6.45) is 0. The lowest BCUT2D eigenvalue weighted by Gasteiger charge is -2.26. The number of anilines is 1. The highest BCUT2D eigenvalue weighted by Crippen LogP contribution is 2.25. The predicted octanol–water partition coefficient (Wildman–Crippen LogP) is 1.50. The Labute approximate surface area is 104 Å². The van der Waals surface area contributed by atoms with Crippen molar-refractivity contribution >= 4 is 28.6 Å². The minimum atomic E-state index is 0.375. The molecule has 0 saturated carbocycles. The van der Waals surface area contributed by atoms with Crippen LogP contribution in [0.2, 0.25) is 5.02 Å². The van der Waals surface area contributed by atoms with Gasteiger partial charge in [0.25, 0.3) is 0 Å². The van der Waals surface area contributed by atoms with Gasteiger partial charge in [-0.25, -0.2) is 9.97 Å². The average molecular weight is 252 g/mol. The molecule has 0 aromatic carbocycles. The van der Waals surface area contributed by atoms with Crippen molar-refractivity contribution < 1.29 is 0 Å². The predicted molar refractivity (Wildman–Crippen MR) is 67.9 cm³/mol. The van der Waals surface area contributed by atoms with Crippen molar-refractivity contribution in [2.24, 2.45) is 0 Å². The third-order valence-corrected chi connectivity index (χ3v) is 3.54. The summed E-state index contributed by atoms with van der Waals surface area (Å²) < 4.78 is 2.13. The monoisotopic (exact) mass is 251 g/mol. The molecule has 1 aliphatic heterocycles. The molecule has 2 aromatic rings. The van der Waals surface area contributed by atoms with E-state index in [1.165, 1.54) is 0 Å². The lowest BCUT2D eigenvalue weighted by Crippen LogP contribution is -2.33. The summed E-state index contributed by atoms with van der Waals surface area (Å²) in [7, 11) is 0. The first-order valence-electron chi connectivity index (χ1n) is 5.72. The maximum absolute atomic E-state index is 5.96. The highest BCUT2D eigenvalue weighted by molar-refractivity contribution is 6.33. The number of hydrogen-bond donors (Lipinski definition) is 1. The zero-order chi connectivity index (χ0) is 12.0. The van der Waals surface area contributed by atoms with Gasteiger partial charge in [0, 0.05) is 13.1 Å². The minimum Gasteiger partial charge on any atom is -0.382 e. The van der Waals surface area contributed by atoms with E-state index in [9.17, 15) is 0 Å². The van der Waals surface area contributed by atoms with Crippen molar-refractivity contribution in [1.82, 2.24) is 19.4 Å². The van der Waals surface area contributed by atoms with Crippen LogP contribution in [-0.2, 0) is 13.1 Å². The molecule has 0 aliphatic carbocycles. The molecule has 2 aromatic heterocycles. The maximum Gasteiger partial charge on any atom is 0.162 e. The van der Waals surface area contributed by atoms with Crippen molar-refractivity contribution in [2.45, 2.75) is 20.0 Å². The fourth-order valence-corrected chi connectivity index (χ4v) is 2.38. The summed E-state index contributed by atoms with van der Waals surface area (Å²) in [6.45, 7) is 6.00. The lowest BCUT2D eigenvalue weighted by atomic mass is 10.3. The van der Waals surface area contributed by atoms with Crippen LogP contribution >= 0.6 is 11.6 Å². The number of nitrogen functional groups attached to an aromatic ring is 1. The van der Waals surface area contributed by atoms with E-state index in [1.54, 1.807) is 6.07 Å². The van der Waals surface area contributed by atoms with Crippen LogP contribution in [0.5, 0.6) is 0 Å². The third-order valence-electron chi connectivity index (χ3n) is 3.23. The quantitative estimate of drug-likeness (QED) is 0.835. The second-order valence-electron chi connectivity index (χ2n) is 4.25. The van der Waals surface area contributed by atoms with Crippen LogP contribution < -0.4 is 5.73 Å². The molecule has 3 heterocycles. The van der Waals surface area contributed by atoms with Crippen molar-refractivity contribution in [2.75, 3.05) is 18.8 Å². The fraction of sp³-hybridized carbons (Fsp3) is 0.455. The Morgan fingerprint density at radius 3 is 3.00 bits per heavy atom. The van der Waals surface area contributed by atoms with Gasteiger partial charge in [-0.2, -0.15) is 0 Å². The largest absolute Gasteiger partial charge is 0.382 e. The molecular formula is C11H14ClN5. The number of pyridine rings is 1. The number of fused-ring (bicyclic) bond motifs is 3. The van der Waals surface area contributed by atoms with Gasteiger partial charge in [-0.3, -0.25) is 4.90 Å². The second kappa shape index (κ2) is 3.85. The van der Waals surface area contributed by atoms with Crippen LogP contribution in [0.3, 0.4) is 0 Å². The Kier molecular flexibility index (Phi) is 2.45. The minimum absolute atomic E-state index is 0.375. The Morgan fingerprint density at radius 1 is 1.41 bits per heavy atom. The van der Waals surface area contributed by atoms with Gasteiger partial charge in [-0.15, -0.1) is 0 Å². The standard InChI is InChI=1S/C11H14ClN5/c1-2-16-3-4-17-9(6-16)14-8-5-7(12)10(13)15-11(8)17/h5H,2-4,6H2,1H3,(H2,13,15). The second-order valence-corrected chi connectivity index (χ2v) is 4.65. The molecule has 0 spiro atoms. The molecule has 0 unspecified atom stereocenters. The average Bonchev–Trinajstić information content (AvgIpc) is 2.66. The topological polar surface area (TPSA) is 60.0 Å². The van der Waals surface area contributed by atoms with Crippen molar-refractivity contribution in [1.29, 1.82) is 0 Å². The van der Waals surface area contributed by atoms with Gasteiger partial charge in [0.1, 0.15) is 17.2 Å². The van der Waals surface area contributed by atoms with Gasteiger partial charge in [-0.1, -0.05) is 18.5 Å². The van der Waals surface area contributed by atoms with Gasteiger partial charge in [-0.05, 0) is 12.6 Å². The summed E-state index contributed by atoms with van der Waals surface area (Å²) in [6, 6.07) is 1.79.